The number of aromatic nitrogens is 3. The Bertz CT molecular complexity index is 1710. The van der Waals surface area contributed by atoms with Crippen molar-refractivity contribution >= 4 is 34.8 Å². The maximum atomic E-state index is 12.9. The number of hydrogen-bond acceptors (Lipinski definition) is 8. The molecule has 1 saturated heterocycles. The van der Waals surface area contributed by atoms with Gasteiger partial charge < -0.3 is 25.2 Å². The number of pyridine rings is 1. The molecule has 0 aliphatic carbocycles. The van der Waals surface area contributed by atoms with E-state index in [1.165, 1.54) is 19.3 Å². The van der Waals surface area contributed by atoms with Crippen LogP contribution in [0.1, 0.15) is 35.3 Å². The van der Waals surface area contributed by atoms with Crippen LogP contribution in [-0.2, 0) is 11.8 Å². The summed E-state index contributed by atoms with van der Waals surface area (Å²) in [4.78, 5) is 30.0. The normalized spacial score (nSPS) is 17.3. The van der Waals surface area contributed by atoms with Crippen LogP contribution in [0.2, 0.25) is 10.0 Å². The highest BCUT2D eigenvalue weighted by Gasteiger charge is 2.27. The van der Waals surface area contributed by atoms with Gasteiger partial charge in [0.15, 0.2) is 0 Å². The molecule has 10 nitrogen and oxygen atoms in total. The fourth-order valence-electron chi connectivity index (χ4n) is 5.07. The van der Waals surface area contributed by atoms with Gasteiger partial charge in [-0.1, -0.05) is 53.5 Å². The fraction of sp³-hybridized carbons (Fsp3) is 0.290. The summed E-state index contributed by atoms with van der Waals surface area (Å²) in [6.07, 6.45) is 1.50. The highest BCUT2D eigenvalue weighted by Crippen LogP contribution is 2.41. The molecular weight excluding hydrogens is 593 g/mol. The molecule has 0 spiro atoms. The molecular formula is C31H31Cl2N5O5. The van der Waals surface area contributed by atoms with Gasteiger partial charge in [0.05, 0.1) is 41.2 Å². The monoisotopic (exact) mass is 623 g/mol. The topological polar surface area (TPSA) is 128 Å². The summed E-state index contributed by atoms with van der Waals surface area (Å²) in [5.41, 5.74) is 3.06. The van der Waals surface area contributed by atoms with E-state index >= 15 is 0 Å². The molecule has 5 rings (SSSR count). The summed E-state index contributed by atoms with van der Waals surface area (Å²) < 4.78 is 12.1. The third kappa shape index (κ3) is 6.43. The van der Waals surface area contributed by atoms with Gasteiger partial charge in [-0.2, -0.15) is 5.10 Å². The fourth-order valence-corrected chi connectivity index (χ4v) is 5.66. The first kappa shape index (κ1) is 30.7. The van der Waals surface area contributed by atoms with Crippen molar-refractivity contribution in [2.75, 3.05) is 25.6 Å². The minimum absolute atomic E-state index is 0.0593. The first-order valence-electron chi connectivity index (χ1n) is 13.7. The number of hydrogen-bond donors (Lipinski definition) is 3. The van der Waals surface area contributed by atoms with Crippen molar-refractivity contribution in [1.82, 2.24) is 20.1 Å². The van der Waals surface area contributed by atoms with Crippen molar-refractivity contribution in [3.05, 3.63) is 92.3 Å². The first-order valence-corrected chi connectivity index (χ1v) is 14.4. The molecule has 0 unspecified atom stereocenters. The molecule has 224 valence electrons. The summed E-state index contributed by atoms with van der Waals surface area (Å²) in [7, 11) is 3.03. The van der Waals surface area contributed by atoms with Crippen molar-refractivity contribution in [1.29, 1.82) is 0 Å². The van der Waals surface area contributed by atoms with E-state index in [2.05, 4.69) is 15.7 Å². The van der Waals surface area contributed by atoms with E-state index in [-0.39, 0.29) is 22.7 Å². The number of carbonyl (C=O) groups excluding carboxylic acids is 1. The number of halogens is 2. The molecule has 0 saturated carbocycles. The second kappa shape index (κ2) is 13.2. The molecule has 1 amide bonds. The number of aliphatic hydroxyl groups is 1. The van der Waals surface area contributed by atoms with E-state index in [1.807, 2.05) is 37.3 Å². The van der Waals surface area contributed by atoms with Crippen molar-refractivity contribution < 1.29 is 19.4 Å². The average molecular weight is 625 g/mol. The van der Waals surface area contributed by atoms with Crippen LogP contribution < -0.4 is 20.9 Å². The van der Waals surface area contributed by atoms with Crippen LogP contribution in [0.3, 0.4) is 0 Å². The van der Waals surface area contributed by atoms with Gasteiger partial charge in [0.1, 0.15) is 5.56 Å². The van der Waals surface area contributed by atoms with Gasteiger partial charge in [-0.05, 0) is 37.6 Å². The minimum Gasteiger partial charge on any atom is -0.481 e. The Kier molecular flexibility index (Phi) is 9.43. The van der Waals surface area contributed by atoms with Gasteiger partial charge in [0.2, 0.25) is 5.88 Å². The number of carbonyl (C=O) groups is 1. The lowest BCUT2D eigenvalue weighted by Crippen LogP contribution is -2.47. The van der Waals surface area contributed by atoms with Crippen LogP contribution in [0.5, 0.6) is 5.88 Å². The average Bonchev–Trinajstić information content (AvgIpc) is 3.00. The van der Waals surface area contributed by atoms with E-state index in [1.54, 1.807) is 25.3 Å². The maximum Gasteiger partial charge on any atom is 0.279 e. The van der Waals surface area contributed by atoms with Crippen LogP contribution in [0.4, 0.5) is 5.69 Å². The number of nitrogens with one attached hydrogen (secondary N) is 2. The number of nitrogens with zero attached hydrogens (tertiary/aromatic N) is 3. The van der Waals surface area contributed by atoms with E-state index in [9.17, 15) is 14.7 Å². The number of rotatable bonds is 8. The number of aryl methyl sites for hydroxylation is 1. The summed E-state index contributed by atoms with van der Waals surface area (Å²) >= 11 is 13.7. The van der Waals surface area contributed by atoms with E-state index in [4.69, 9.17) is 37.7 Å². The molecule has 2 aromatic heterocycles. The Morgan fingerprint density at radius 2 is 1.81 bits per heavy atom. The van der Waals surface area contributed by atoms with Gasteiger partial charge in [-0.25, -0.2) is 9.67 Å². The number of anilines is 1. The summed E-state index contributed by atoms with van der Waals surface area (Å²) in [5, 5.41) is 21.0. The SMILES string of the molecule is COc1nc(-c2cccc(-c3cccc(NC(=O)c4ccnn(C)c4=O)c3Cl)c2Cl)ccc1[C@H](C)N[C@@H]1CCOC[C@@H]1O. The standard InChI is InChI=1S/C31H31Cl2N5O5/c1-17(35-24-13-15-43-16-26(24)39)18-10-11-23(37-30(18)42-3)21-8-4-6-19(27(21)32)20-7-5-9-25(28(20)33)36-29(40)22-12-14-34-38(2)31(22)41/h4-12,14,17,24,26,35,39H,13,15-16H2,1-3H3,(H,36,40)/t17-,24+,26-/m0/s1. The van der Waals surface area contributed by atoms with Gasteiger partial charge >= 0.3 is 0 Å². The highest BCUT2D eigenvalue weighted by atomic mass is 35.5. The molecule has 4 aromatic rings. The Balaban J connectivity index is 1.43. The van der Waals surface area contributed by atoms with Crippen LogP contribution in [0.25, 0.3) is 22.4 Å². The largest absolute Gasteiger partial charge is 0.481 e. The Labute approximate surface area is 258 Å². The number of methoxy groups -OCH3 is 1. The predicted molar refractivity (Wildman–Crippen MR) is 166 cm³/mol. The van der Waals surface area contributed by atoms with E-state index < -0.39 is 17.6 Å². The van der Waals surface area contributed by atoms with Crippen molar-refractivity contribution in [2.45, 2.75) is 31.5 Å². The Morgan fingerprint density at radius 3 is 2.56 bits per heavy atom. The highest BCUT2D eigenvalue weighted by molar-refractivity contribution is 6.39. The molecule has 1 fully saturated rings. The van der Waals surface area contributed by atoms with Crippen molar-refractivity contribution in [2.24, 2.45) is 7.05 Å². The smallest absolute Gasteiger partial charge is 0.279 e. The lowest BCUT2D eigenvalue weighted by Gasteiger charge is -2.31. The minimum atomic E-state index is -0.603. The maximum absolute atomic E-state index is 12.9. The molecule has 1 aliphatic rings. The summed E-state index contributed by atoms with van der Waals surface area (Å²) in [6.45, 7) is 2.89. The van der Waals surface area contributed by atoms with Gasteiger partial charge in [0, 0.05) is 54.2 Å². The van der Waals surface area contributed by atoms with Crippen LogP contribution in [0, 0.1) is 0 Å². The zero-order valence-corrected chi connectivity index (χ0v) is 25.3. The molecule has 3 N–H and O–H groups in total. The number of aliphatic hydroxyl groups excluding tert-OH is 1. The Hall–Kier alpha value is -3.80. The molecule has 1 aliphatic heterocycles. The molecule has 0 radical (unpaired) electrons. The predicted octanol–water partition coefficient (Wildman–Crippen LogP) is 4.88. The third-order valence-corrected chi connectivity index (χ3v) is 8.22. The third-order valence-electron chi connectivity index (χ3n) is 7.40. The first-order chi connectivity index (χ1) is 20.7. The molecule has 0 bridgehead atoms. The van der Waals surface area contributed by atoms with Crippen LogP contribution in [-0.4, -0.2) is 58.2 Å². The molecule has 12 heteroatoms. The molecule has 3 atom stereocenters. The van der Waals surface area contributed by atoms with Gasteiger partial charge in [-0.3, -0.25) is 9.59 Å². The van der Waals surface area contributed by atoms with Crippen molar-refractivity contribution in [3.8, 4) is 28.3 Å². The molecule has 3 heterocycles. The zero-order chi connectivity index (χ0) is 30.7. The quantitative estimate of drug-likeness (QED) is 0.253. The molecule has 43 heavy (non-hydrogen) atoms. The van der Waals surface area contributed by atoms with E-state index in [0.29, 0.717) is 58.6 Å². The molecule has 2 aromatic carbocycles. The second-order valence-electron chi connectivity index (χ2n) is 10.2. The van der Waals surface area contributed by atoms with Gasteiger partial charge in [-0.15, -0.1) is 0 Å². The number of benzene rings is 2. The summed E-state index contributed by atoms with van der Waals surface area (Å²) in [5.74, 6) is -0.168. The lowest BCUT2D eigenvalue weighted by atomic mass is 9.99. The lowest BCUT2D eigenvalue weighted by molar-refractivity contribution is -0.0300. The summed E-state index contributed by atoms with van der Waals surface area (Å²) in [6, 6.07) is 15.6. The van der Waals surface area contributed by atoms with E-state index in [0.717, 1.165) is 10.2 Å². The van der Waals surface area contributed by atoms with Crippen molar-refractivity contribution in [3.63, 3.8) is 0 Å². The van der Waals surface area contributed by atoms with Crippen LogP contribution >= 0.6 is 23.2 Å². The van der Waals surface area contributed by atoms with Gasteiger partial charge in [0.25, 0.3) is 11.5 Å². The number of amides is 1. The Morgan fingerprint density at radius 1 is 1.09 bits per heavy atom. The number of ether oxygens (including phenoxy) is 2. The zero-order valence-electron chi connectivity index (χ0n) is 23.8. The van der Waals surface area contributed by atoms with Crippen LogP contribution in [0.15, 0.2) is 65.6 Å². The second-order valence-corrected chi connectivity index (χ2v) is 10.9.